The molecule has 32 heavy (non-hydrogen) atoms. The van der Waals surface area contributed by atoms with Crippen LogP contribution >= 0.6 is 0 Å². The van der Waals surface area contributed by atoms with Crippen molar-refractivity contribution in [3.63, 3.8) is 0 Å². The molecule has 7 nitrogen and oxygen atoms in total. The number of hydrogen-bond donors (Lipinski definition) is 1. The van der Waals surface area contributed by atoms with Gasteiger partial charge in [0, 0.05) is 37.9 Å². The van der Waals surface area contributed by atoms with E-state index in [-0.39, 0.29) is 22.6 Å². The van der Waals surface area contributed by atoms with Crippen molar-refractivity contribution in [3.05, 3.63) is 59.7 Å². The van der Waals surface area contributed by atoms with Crippen LogP contribution in [0.25, 0.3) is 0 Å². The van der Waals surface area contributed by atoms with E-state index in [4.69, 9.17) is 0 Å². The molecule has 0 radical (unpaired) electrons. The minimum absolute atomic E-state index is 0.0974. The molecule has 0 bridgehead atoms. The highest BCUT2D eigenvalue weighted by atomic mass is 32.2. The van der Waals surface area contributed by atoms with Crippen LogP contribution in [-0.4, -0.2) is 51.2 Å². The van der Waals surface area contributed by atoms with E-state index in [0.717, 1.165) is 24.3 Å². The van der Waals surface area contributed by atoms with Gasteiger partial charge in [-0.2, -0.15) is 0 Å². The SMILES string of the molecule is CCN(CC)c1ccc(CN(C)C(=O)[C@@H](N=C2NS(=O)(=O)c3ccccc32)C(C)C)cc1. The summed E-state index contributed by atoms with van der Waals surface area (Å²) in [7, 11) is -1.89. The molecule has 2 aromatic rings. The number of fused-ring (bicyclic) bond motifs is 1. The summed E-state index contributed by atoms with van der Waals surface area (Å²) in [5.41, 5.74) is 2.69. The van der Waals surface area contributed by atoms with Crippen molar-refractivity contribution in [3.8, 4) is 0 Å². The first-order valence-electron chi connectivity index (χ1n) is 11.0. The zero-order valence-corrected chi connectivity index (χ0v) is 20.2. The Hall–Kier alpha value is -2.87. The second-order valence-corrected chi connectivity index (χ2v) is 9.95. The summed E-state index contributed by atoms with van der Waals surface area (Å²) in [5.74, 6) is -0.0201. The van der Waals surface area contributed by atoms with Crippen molar-refractivity contribution >= 4 is 27.5 Å². The summed E-state index contributed by atoms with van der Waals surface area (Å²) in [5, 5.41) is 0. The van der Waals surface area contributed by atoms with Crippen LogP contribution in [-0.2, 0) is 21.4 Å². The van der Waals surface area contributed by atoms with Crippen LogP contribution in [0.1, 0.15) is 38.8 Å². The third kappa shape index (κ3) is 4.96. The third-order valence-corrected chi connectivity index (χ3v) is 7.07. The second-order valence-electron chi connectivity index (χ2n) is 8.30. The predicted molar refractivity (Wildman–Crippen MR) is 128 cm³/mol. The number of amidine groups is 1. The van der Waals surface area contributed by atoms with E-state index in [1.807, 2.05) is 26.0 Å². The van der Waals surface area contributed by atoms with E-state index >= 15 is 0 Å². The minimum atomic E-state index is -3.65. The van der Waals surface area contributed by atoms with Crippen LogP contribution in [0, 0.1) is 5.92 Å². The number of carbonyl (C=O) groups is 1. The molecule has 3 rings (SSSR count). The van der Waals surface area contributed by atoms with E-state index in [2.05, 4.69) is 40.6 Å². The van der Waals surface area contributed by atoms with Crippen molar-refractivity contribution in [1.29, 1.82) is 0 Å². The van der Waals surface area contributed by atoms with E-state index in [0.29, 0.717) is 12.1 Å². The molecular formula is C24H32N4O3S. The summed E-state index contributed by atoms with van der Waals surface area (Å²) >= 11 is 0. The summed E-state index contributed by atoms with van der Waals surface area (Å²) in [4.78, 5) is 21.9. The summed E-state index contributed by atoms with van der Waals surface area (Å²) in [6.45, 7) is 10.4. The Morgan fingerprint density at radius 2 is 1.66 bits per heavy atom. The highest BCUT2D eigenvalue weighted by Crippen LogP contribution is 2.24. The number of nitrogens with zero attached hydrogens (tertiary/aromatic N) is 3. The lowest BCUT2D eigenvalue weighted by Gasteiger charge is -2.25. The van der Waals surface area contributed by atoms with Crippen LogP contribution in [0.15, 0.2) is 58.4 Å². The molecule has 1 aliphatic heterocycles. The Bertz CT molecular complexity index is 1090. The van der Waals surface area contributed by atoms with Gasteiger partial charge in [0.15, 0.2) is 0 Å². The maximum absolute atomic E-state index is 13.3. The largest absolute Gasteiger partial charge is 0.372 e. The molecule has 0 aliphatic carbocycles. The Balaban J connectivity index is 1.79. The van der Waals surface area contributed by atoms with Gasteiger partial charge >= 0.3 is 0 Å². The quantitative estimate of drug-likeness (QED) is 0.661. The molecular weight excluding hydrogens is 424 g/mol. The standard InChI is InChI=1S/C24H32N4O3S/c1-6-28(7-2)19-14-12-18(13-15-19)16-27(5)24(29)22(17(3)4)25-23-20-10-8-9-11-21(20)32(30,31)26-23/h8-15,17,22H,6-7,16H2,1-5H3,(H,25,26)/t22-/m0/s1. The van der Waals surface area contributed by atoms with Crippen LogP contribution in [0.3, 0.4) is 0 Å². The number of benzene rings is 2. The minimum Gasteiger partial charge on any atom is -0.372 e. The Labute approximate surface area is 191 Å². The Morgan fingerprint density at radius 1 is 1.03 bits per heavy atom. The first-order valence-corrected chi connectivity index (χ1v) is 12.4. The number of nitrogens with one attached hydrogen (secondary N) is 1. The molecule has 172 valence electrons. The monoisotopic (exact) mass is 456 g/mol. The smallest absolute Gasteiger partial charge is 0.263 e. The van der Waals surface area contributed by atoms with Gasteiger partial charge in [0.2, 0.25) is 5.91 Å². The fourth-order valence-electron chi connectivity index (χ4n) is 3.84. The molecule has 0 fully saturated rings. The van der Waals surface area contributed by atoms with Gasteiger partial charge in [0.25, 0.3) is 10.0 Å². The van der Waals surface area contributed by atoms with E-state index in [9.17, 15) is 13.2 Å². The van der Waals surface area contributed by atoms with Crippen molar-refractivity contribution < 1.29 is 13.2 Å². The van der Waals surface area contributed by atoms with Crippen molar-refractivity contribution in [2.75, 3.05) is 25.0 Å². The van der Waals surface area contributed by atoms with Crippen molar-refractivity contribution in [1.82, 2.24) is 9.62 Å². The number of rotatable bonds is 8. The Kier molecular flexibility index (Phi) is 7.23. The number of likely N-dealkylation sites (N-methyl/N-ethyl adjacent to an activating group) is 1. The molecule has 8 heteroatoms. The zero-order valence-electron chi connectivity index (χ0n) is 19.4. The molecule has 1 N–H and O–H groups in total. The number of sulfonamides is 1. The highest BCUT2D eigenvalue weighted by molar-refractivity contribution is 7.90. The van der Waals surface area contributed by atoms with Gasteiger partial charge in [0.1, 0.15) is 11.9 Å². The maximum Gasteiger partial charge on any atom is 0.263 e. The fourth-order valence-corrected chi connectivity index (χ4v) is 5.08. The topological polar surface area (TPSA) is 82.1 Å². The number of aliphatic imine (C=N–C) groups is 1. The lowest BCUT2D eigenvalue weighted by Crippen LogP contribution is -2.39. The highest BCUT2D eigenvalue weighted by Gasteiger charge is 2.33. The maximum atomic E-state index is 13.3. The first kappa shape index (κ1) is 23.8. The Morgan fingerprint density at radius 3 is 2.25 bits per heavy atom. The molecule has 0 aromatic heterocycles. The van der Waals surface area contributed by atoms with E-state index in [1.165, 1.54) is 0 Å². The normalized spacial score (nSPS) is 16.5. The fraction of sp³-hybridized carbons (Fsp3) is 0.417. The van der Waals surface area contributed by atoms with Gasteiger partial charge in [-0.05, 0) is 49.6 Å². The van der Waals surface area contributed by atoms with Crippen LogP contribution in [0.5, 0.6) is 0 Å². The molecule has 0 saturated carbocycles. The number of hydrogen-bond acceptors (Lipinski definition) is 5. The first-order chi connectivity index (χ1) is 15.2. The van der Waals surface area contributed by atoms with Gasteiger partial charge in [-0.3, -0.25) is 14.5 Å². The molecule has 0 unspecified atom stereocenters. The molecule has 1 amide bonds. The molecule has 1 heterocycles. The van der Waals surface area contributed by atoms with Crippen molar-refractivity contribution in [2.24, 2.45) is 10.9 Å². The second kappa shape index (κ2) is 9.73. The predicted octanol–water partition coefficient (Wildman–Crippen LogP) is 3.25. The van der Waals surface area contributed by atoms with E-state index < -0.39 is 16.1 Å². The van der Waals surface area contributed by atoms with Crippen LogP contribution < -0.4 is 9.62 Å². The van der Waals surface area contributed by atoms with Gasteiger partial charge in [0.05, 0.1) is 4.90 Å². The van der Waals surface area contributed by atoms with Gasteiger partial charge < -0.3 is 9.80 Å². The number of amides is 1. The summed E-state index contributed by atoms with van der Waals surface area (Å²) < 4.78 is 27.3. The van der Waals surface area contributed by atoms with Gasteiger partial charge in [-0.15, -0.1) is 0 Å². The van der Waals surface area contributed by atoms with Crippen LogP contribution in [0.2, 0.25) is 0 Å². The zero-order chi connectivity index (χ0) is 23.5. The lowest BCUT2D eigenvalue weighted by atomic mass is 10.0. The van der Waals surface area contributed by atoms with Gasteiger partial charge in [-0.1, -0.05) is 38.1 Å². The van der Waals surface area contributed by atoms with E-state index in [1.54, 1.807) is 36.2 Å². The molecule has 0 saturated heterocycles. The summed E-state index contributed by atoms with van der Waals surface area (Å²) in [6, 6.07) is 14.2. The average molecular weight is 457 g/mol. The number of anilines is 1. The molecule has 2 aromatic carbocycles. The van der Waals surface area contributed by atoms with Crippen LogP contribution in [0.4, 0.5) is 5.69 Å². The lowest BCUT2D eigenvalue weighted by molar-refractivity contribution is -0.132. The average Bonchev–Trinajstić information content (AvgIpc) is 3.03. The van der Waals surface area contributed by atoms with Gasteiger partial charge in [-0.25, -0.2) is 8.42 Å². The third-order valence-electron chi connectivity index (χ3n) is 5.68. The number of carbonyl (C=O) groups excluding carboxylic acids is 1. The summed E-state index contributed by atoms with van der Waals surface area (Å²) in [6.07, 6.45) is 0. The molecule has 1 atom stereocenters. The molecule has 1 aliphatic rings. The molecule has 0 spiro atoms. The van der Waals surface area contributed by atoms with Crippen molar-refractivity contribution in [2.45, 2.75) is 45.2 Å².